The number of nitrogens with two attached hydrogens (primary N) is 1. The highest BCUT2D eigenvalue weighted by atomic mass is 16.5. The maximum absolute atomic E-state index is 11.0. The number of carbonyl (C=O) groups is 1. The highest BCUT2D eigenvalue weighted by molar-refractivity contribution is 5.81. The van der Waals surface area contributed by atoms with Gasteiger partial charge in [0.15, 0.2) is 0 Å². The van der Waals surface area contributed by atoms with Crippen molar-refractivity contribution in [1.82, 2.24) is 10.3 Å². The summed E-state index contributed by atoms with van der Waals surface area (Å²) >= 11 is 0. The van der Waals surface area contributed by atoms with Crippen molar-refractivity contribution in [3.05, 3.63) is 23.9 Å². The number of ether oxygens (including phenoxy) is 1. The monoisotopic (exact) mass is 195 g/mol. The molecule has 1 aromatic rings. The van der Waals surface area contributed by atoms with Gasteiger partial charge < -0.3 is 15.8 Å². The molecule has 0 saturated carbocycles. The van der Waals surface area contributed by atoms with Gasteiger partial charge in [0.05, 0.1) is 7.11 Å². The van der Waals surface area contributed by atoms with Crippen LogP contribution in [0, 0.1) is 0 Å². The number of hydrogen-bond donors (Lipinski definition) is 2. The van der Waals surface area contributed by atoms with Crippen molar-refractivity contribution in [3.63, 3.8) is 0 Å². The molecule has 0 spiro atoms. The summed E-state index contributed by atoms with van der Waals surface area (Å²) in [6.07, 6.45) is 1.56. The number of rotatable bonds is 4. The van der Waals surface area contributed by atoms with E-state index < -0.39 is 11.9 Å². The molecular formula is C9H13N3O2. The Hall–Kier alpha value is -1.62. The molecular weight excluding hydrogens is 182 g/mol. The van der Waals surface area contributed by atoms with Crippen molar-refractivity contribution < 1.29 is 9.53 Å². The number of methoxy groups -OCH3 is 1. The summed E-state index contributed by atoms with van der Waals surface area (Å²) in [7, 11) is 3.20. The van der Waals surface area contributed by atoms with E-state index in [0.717, 1.165) is 5.56 Å². The van der Waals surface area contributed by atoms with E-state index in [9.17, 15) is 4.79 Å². The average Bonchev–Trinajstić information content (AvgIpc) is 2.19. The predicted molar refractivity (Wildman–Crippen MR) is 51.8 cm³/mol. The Balaban J connectivity index is 2.89. The summed E-state index contributed by atoms with van der Waals surface area (Å²) in [4.78, 5) is 15.0. The first-order chi connectivity index (χ1) is 6.69. The lowest BCUT2D eigenvalue weighted by atomic mass is 10.1. The highest BCUT2D eigenvalue weighted by Gasteiger charge is 2.15. The third-order valence-electron chi connectivity index (χ3n) is 1.87. The minimum absolute atomic E-state index is 0.431. The first-order valence-electron chi connectivity index (χ1n) is 4.15. The maximum atomic E-state index is 11.0. The lowest BCUT2D eigenvalue weighted by Gasteiger charge is -2.11. The normalized spacial score (nSPS) is 12.1. The summed E-state index contributed by atoms with van der Waals surface area (Å²) in [6, 6.07) is 2.92. The largest absolute Gasteiger partial charge is 0.481 e. The third kappa shape index (κ3) is 2.20. The first kappa shape index (κ1) is 10.5. The van der Waals surface area contributed by atoms with E-state index >= 15 is 0 Å². The van der Waals surface area contributed by atoms with Crippen molar-refractivity contribution in [2.24, 2.45) is 5.73 Å². The van der Waals surface area contributed by atoms with Gasteiger partial charge in [-0.2, -0.15) is 0 Å². The van der Waals surface area contributed by atoms with E-state index in [1.807, 2.05) is 0 Å². The van der Waals surface area contributed by atoms with Crippen LogP contribution in [0.2, 0.25) is 0 Å². The van der Waals surface area contributed by atoms with E-state index in [1.54, 1.807) is 25.4 Å². The number of carbonyl (C=O) groups excluding carboxylic acids is 1. The Morgan fingerprint density at radius 3 is 2.71 bits per heavy atom. The second kappa shape index (κ2) is 4.57. The fourth-order valence-electron chi connectivity index (χ4n) is 1.16. The standard InChI is InChI=1S/C9H13N3O2/c1-11-8(9(10)13)6-3-4-7(14-2)12-5-6/h3-5,8,11H,1-2H3,(H2,10,13). The third-order valence-corrected chi connectivity index (χ3v) is 1.87. The Labute approximate surface area is 82.3 Å². The molecule has 1 aromatic heterocycles. The molecule has 1 rings (SSSR count). The highest BCUT2D eigenvalue weighted by Crippen LogP contribution is 2.13. The molecule has 0 aliphatic carbocycles. The number of pyridine rings is 1. The summed E-state index contributed by atoms with van der Waals surface area (Å²) < 4.78 is 4.90. The molecule has 14 heavy (non-hydrogen) atoms. The quantitative estimate of drug-likeness (QED) is 0.699. The molecule has 3 N–H and O–H groups in total. The van der Waals surface area contributed by atoms with Gasteiger partial charge in [0.2, 0.25) is 11.8 Å². The topological polar surface area (TPSA) is 77.2 Å². The van der Waals surface area contributed by atoms with Gasteiger partial charge in [0.25, 0.3) is 0 Å². The Kier molecular flexibility index (Phi) is 3.41. The van der Waals surface area contributed by atoms with Gasteiger partial charge >= 0.3 is 0 Å². The van der Waals surface area contributed by atoms with Crippen LogP contribution in [-0.2, 0) is 4.79 Å². The van der Waals surface area contributed by atoms with Gasteiger partial charge in [0, 0.05) is 12.3 Å². The van der Waals surface area contributed by atoms with Crippen LogP contribution in [0.1, 0.15) is 11.6 Å². The van der Waals surface area contributed by atoms with Crippen LogP contribution in [0.5, 0.6) is 5.88 Å². The van der Waals surface area contributed by atoms with Crippen LogP contribution in [0.4, 0.5) is 0 Å². The molecule has 1 amide bonds. The number of nitrogens with zero attached hydrogens (tertiary/aromatic N) is 1. The first-order valence-corrected chi connectivity index (χ1v) is 4.15. The number of primary amides is 1. The fraction of sp³-hybridized carbons (Fsp3) is 0.333. The molecule has 5 nitrogen and oxygen atoms in total. The van der Waals surface area contributed by atoms with Gasteiger partial charge in [0.1, 0.15) is 6.04 Å². The van der Waals surface area contributed by atoms with E-state index in [1.165, 1.54) is 7.11 Å². The van der Waals surface area contributed by atoms with Crippen LogP contribution < -0.4 is 15.8 Å². The van der Waals surface area contributed by atoms with Crippen LogP contribution in [-0.4, -0.2) is 25.0 Å². The minimum Gasteiger partial charge on any atom is -0.481 e. The van der Waals surface area contributed by atoms with Crippen LogP contribution in [0.25, 0.3) is 0 Å². The fourth-order valence-corrected chi connectivity index (χ4v) is 1.16. The van der Waals surface area contributed by atoms with E-state index in [0.29, 0.717) is 5.88 Å². The summed E-state index contributed by atoms with van der Waals surface area (Å²) in [5, 5.41) is 2.80. The average molecular weight is 195 g/mol. The van der Waals surface area contributed by atoms with Gasteiger partial charge in [-0.3, -0.25) is 4.79 Å². The number of aromatic nitrogens is 1. The Morgan fingerprint density at radius 2 is 2.36 bits per heavy atom. The Morgan fingerprint density at radius 1 is 1.64 bits per heavy atom. The van der Waals surface area contributed by atoms with Crippen molar-refractivity contribution >= 4 is 5.91 Å². The SMILES string of the molecule is CNC(C(N)=O)c1ccc(OC)nc1. The zero-order chi connectivity index (χ0) is 10.6. The zero-order valence-electron chi connectivity index (χ0n) is 8.15. The molecule has 76 valence electrons. The molecule has 0 saturated heterocycles. The van der Waals surface area contributed by atoms with Crippen molar-refractivity contribution in [1.29, 1.82) is 0 Å². The zero-order valence-corrected chi connectivity index (χ0v) is 8.15. The smallest absolute Gasteiger partial charge is 0.239 e. The van der Waals surface area contributed by atoms with Crippen molar-refractivity contribution in [2.75, 3.05) is 14.2 Å². The summed E-state index contributed by atoms with van der Waals surface area (Å²) in [6.45, 7) is 0. The molecule has 1 heterocycles. The van der Waals surface area contributed by atoms with Crippen LogP contribution in [0.3, 0.4) is 0 Å². The number of likely N-dealkylation sites (N-methyl/N-ethyl adjacent to an activating group) is 1. The molecule has 0 aliphatic heterocycles. The number of nitrogens with one attached hydrogen (secondary N) is 1. The van der Waals surface area contributed by atoms with Crippen molar-refractivity contribution in [2.45, 2.75) is 6.04 Å². The molecule has 0 fully saturated rings. The molecule has 1 atom stereocenters. The second-order valence-electron chi connectivity index (χ2n) is 2.76. The predicted octanol–water partition coefficient (Wildman–Crippen LogP) is -0.164. The molecule has 0 aromatic carbocycles. The Bertz CT molecular complexity index is 310. The number of hydrogen-bond acceptors (Lipinski definition) is 4. The van der Waals surface area contributed by atoms with E-state index in [2.05, 4.69) is 10.3 Å². The van der Waals surface area contributed by atoms with Gasteiger partial charge in [-0.25, -0.2) is 4.98 Å². The summed E-state index contributed by atoms with van der Waals surface area (Å²) in [5.74, 6) is 0.0764. The van der Waals surface area contributed by atoms with Gasteiger partial charge in [-0.1, -0.05) is 6.07 Å². The minimum atomic E-state index is -0.506. The van der Waals surface area contributed by atoms with E-state index in [4.69, 9.17) is 10.5 Å². The molecule has 1 unspecified atom stereocenters. The molecule has 5 heteroatoms. The van der Waals surface area contributed by atoms with Crippen LogP contribution >= 0.6 is 0 Å². The molecule has 0 radical (unpaired) electrons. The lowest BCUT2D eigenvalue weighted by molar-refractivity contribution is -0.120. The molecule has 0 bridgehead atoms. The summed E-state index contributed by atoms with van der Waals surface area (Å²) in [5.41, 5.74) is 5.91. The van der Waals surface area contributed by atoms with Crippen molar-refractivity contribution in [3.8, 4) is 5.88 Å². The van der Waals surface area contributed by atoms with Gasteiger partial charge in [-0.05, 0) is 12.6 Å². The van der Waals surface area contributed by atoms with E-state index in [-0.39, 0.29) is 0 Å². The van der Waals surface area contributed by atoms with Crippen LogP contribution in [0.15, 0.2) is 18.3 Å². The molecule has 0 aliphatic rings. The second-order valence-corrected chi connectivity index (χ2v) is 2.76. The lowest BCUT2D eigenvalue weighted by Crippen LogP contribution is -2.31. The van der Waals surface area contributed by atoms with Gasteiger partial charge in [-0.15, -0.1) is 0 Å². The number of amides is 1. The maximum Gasteiger partial charge on any atom is 0.239 e.